The zero-order valence-electron chi connectivity index (χ0n) is 14.8. The summed E-state index contributed by atoms with van der Waals surface area (Å²) in [6, 6.07) is 4.01. The molecule has 128 valence electrons. The molecule has 1 aliphatic rings. The van der Waals surface area contributed by atoms with E-state index in [4.69, 9.17) is 4.74 Å². The molecule has 2 rings (SSSR count). The molecule has 0 bridgehead atoms. The average molecular weight is 319 g/mol. The predicted molar refractivity (Wildman–Crippen MR) is 91.1 cm³/mol. The van der Waals surface area contributed by atoms with Gasteiger partial charge in [0, 0.05) is 38.6 Å². The van der Waals surface area contributed by atoms with Crippen LogP contribution < -0.4 is 5.32 Å². The van der Waals surface area contributed by atoms with Crippen molar-refractivity contribution in [2.24, 2.45) is 5.41 Å². The molecule has 2 heterocycles. The molecule has 0 aliphatic carbocycles. The second kappa shape index (κ2) is 7.30. The van der Waals surface area contributed by atoms with Crippen molar-refractivity contribution in [1.29, 1.82) is 0 Å². The van der Waals surface area contributed by atoms with E-state index in [1.165, 1.54) is 5.56 Å². The van der Waals surface area contributed by atoms with Gasteiger partial charge in [-0.05, 0) is 50.7 Å². The molecule has 0 radical (unpaired) electrons. The molecular formula is C18H29N3O2. The topological polar surface area (TPSA) is 54.5 Å². The van der Waals surface area contributed by atoms with Crippen LogP contribution in [-0.2, 0) is 11.3 Å². The zero-order chi connectivity index (χ0) is 16.9. The van der Waals surface area contributed by atoms with Crippen molar-refractivity contribution in [1.82, 2.24) is 15.2 Å². The second-order valence-electron chi connectivity index (χ2n) is 7.78. The van der Waals surface area contributed by atoms with Gasteiger partial charge in [0.1, 0.15) is 5.60 Å². The van der Waals surface area contributed by atoms with Crippen molar-refractivity contribution in [2.45, 2.75) is 52.7 Å². The summed E-state index contributed by atoms with van der Waals surface area (Å²) < 4.78 is 5.50. The van der Waals surface area contributed by atoms with Crippen molar-refractivity contribution in [3.63, 3.8) is 0 Å². The summed E-state index contributed by atoms with van der Waals surface area (Å²) in [6.07, 6.45) is 5.60. The van der Waals surface area contributed by atoms with Crippen molar-refractivity contribution < 1.29 is 9.53 Å². The van der Waals surface area contributed by atoms with E-state index >= 15 is 0 Å². The van der Waals surface area contributed by atoms with Gasteiger partial charge >= 0.3 is 6.09 Å². The van der Waals surface area contributed by atoms with Crippen LogP contribution in [0, 0.1) is 5.41 Å². The Hall–Kier alpha value is -1.62. The Labute approximate surface area is 139 Å². The highest BCUT2D eigenvalue weighted by molar-refractivity contribution is 5.68. The smallest absolute Gasteiger partial charge is 0.410 e. The van der Waals surface area contributed by atoms with Gasteiger partial charge in [-0.25, -0.2) is 4.79 Å². The van der Waals surface area contributed by atoms with Crippen LogP contribution in [0.2, 0.25) is 0 Å². The van der Waals surface area contributed by atoms with Gasteiger partial charge in [-0.3, -0.25) is 4.98 Å². The maximum absolute atomic E-state index is 12.3. The van der Waals surface area contributed by atoms with Crippen molar-refractivity contribution in [3.8, 4) is 0 Å². The number of carbonyl (C=O) groups is 1. The Balaban J connectivity index is 1.84. The molecule has 1 atom stereocenters. The summed E-state index contributed by atoms with van der Waals surface area (Å²) in [5.41, 5.74) is 0.817. The lowest BCUT2D eigenvalue weighted by atomic mass is 9.82. The number of nitrogens with zero attached hydrogens (tertiary/aromatic N) is 2. The number of hydrogen-bond acceptors (Lipinski definition) is 4. The van der Waals surface area contributed by atoms with Gasteiger partial charge in [0.2, 0.25) is 0 Å². The largest absolute Gasteiger partial charge is 0.444 e. The maximum Gasteiger partial charge on any atom is 0.410 e. The minimum absolute atomic E-state index is 0.0807. The number of nitrogens with one attached hydrogen (secondary N) is 1. The number of rotatable bonds is 4. The van der Waals surface area contributed by atoms with Crippen LogP contribution in [0.15, 0.2) is 24.5 Å². The number of amides is 1. The summed E-state index contributed by atoms with van der Waals surface area (Å²) in [4.78, 5) is 18.2. The Morgan fingerprint density at radius 1 is 1.48 bits per heavy atom. The normalized spacial score (nSPS) is 22.0. The van der Waals surface area contributed by atoms with E-state index in [2.05, 4.69) is 23.3 Å². The molecule has 1 saturated heterocycles. The molecule has 0 saturated carbocycles. The van der Waals surface area contributed by atoms with Crippen LogP contribution in [0.25, 0.3) is 0 Å². The predicted octanol–water partition coefficient (Wildman–Crippen LogP) is 3.21. The van der Waals surface area contributed by atoms with Crippen LogP contribution in [0.5, 0.6) is 0 Å². The highest BCUT2D eigenvalue weighted by atomic mass is 16.6. The van der Waals surface area contributed by atoms with E-state index in [1.807, 2.05) is 37.9 Å². The molecule has 1 aromatic rings. The quantitative estimate of drug-likeness (QED) is 0.926. The fourth-order valence-corrected chi connectivity index (χ4v) is 2.95. The van der Waals surface area contributed by atoms with Crippen LogP contribution in [0.1, 0.15) is 46.1 Å². The first-order valence-electron chi connectivity index (χ1n) is 8.35. The molecule has 1 N–H and O–H groups in total. The van der Waals surface area contributed by atoms with Gasteiger partial charge in [0.05, 0.1) is 0 Å². The summed E-state index contributed by atoms with van der Waals surface area (Å²) >= 11 is 0. The third-order valence-corrected chi connectivity index (χ3v) is 4.04. The Kier molecular flexibility index (Phi) is 5.63. The zero-order valence-corrected chi connectivity index (χ0v) is 14.8. The molecule has 0 aromatic carbocycles. The number of piperidine rings is 1. The number of hydrogen-bond donors (Lipinski definition) is 1. The van der Waals surface area contributed by atoms with Crippen LogP contribution >= 0.6 is 0 Å². The number of likely N-dealkylation sites (tertiary alicyclic amines) is 1. The molecule has 5 heteroatoms. The highest BCUT2D eigenvalue weighted by Gasteiger charge is 2.34. The third kappa shape index (κ3) is 5.82. The molecular weight excluding hydrogens is 290 g/mol. The second-order valence-corrected chi connectivity index (χ2v) is 7.78. The first-order valence-corrected chi connectivity index (χ1v) is 8.35. The molecule has 1 fully saturated rings. The van der Waals surface area contributed by atoms with Gasteiger partial charge in [-0.15, -0.1) is 0 Å². The molecule has 1 aromatic heterocycles. The van der Waals surface area contributed by atoms with Crippen LogP contribution in [0.4, 0.5) is 4.79 Å². The first kappa shape index (κ1) is 17.7. The van der Waals surface area contributed by atoms with Gasteiger partial charge in [-0.1, -0.05) is 13.0 Å². The molecule has 5 nitrogen and oxygen atoms in total. The monoisotopic (exact) mass is 319 g/mol. The average Bonchev–Trinajstić information content (AvgIpc) is 2.46. The van der Waals surface area contributed by atoms with Gasteiger partial charge < -0.3 is 15.0 Å². The first-order chi connectivity index (χ1) is 10.8. The van der Waals surface area contributed by atoms with E-state index in [9.17, 15) is 4.79 Å². The van der Waals surface area contributed by atoms with Crippen molar-refractivity contribution >= 4 is 6.09 Å². The van der Waals surface area contributed by atoms with E-state index in [0.717, 1.165) is 39.0 Å². The van der Waals surface area contributed by atoms with E-state index < -0.39 is 5.60 Å². The summed E-state index contributed by atoms with van der Waals surface area (Å²) in [5.74, 6) is 0. The number of pyridine rings is 1. The van der Waals surface area contributed by atoms with Gasteiger partial charge in [0.15, 0.2) is 0 Å². The Morgan fingerprint density at radius 2 is 2.26 bits per heavy atom. The lowest BCUT2D eigenvalue weighted by molar-refractivity contribution is 0.00675. The molecule has 1 aliphatic heterocycles. The third-order valence-electron chi connectivity index (χ3n) is 4.04. The summed E-state index contributed by atoms with van der Waals surface area (Å²) in [5, 5.41) is 3.50. The number of aromatic nitrogens is 1. The minimum Gasteiger partial charge on any atom is -0.444 e. The lowest BCUT2D eigenvalue weighted by Gasteiger charge is -2.41. The molecule has 0 spiro atoms. The van der Waals surface area contributed by atoms with E-state index in [1.54, 1.807) is 6.20 Å². The minimum atomic E-state index is -0.441. The lowest BCUT2D eigenvalue weighted by Crippen LogP contribution is -2.50. The Bertz CT molecular complexity index is 513. The van der Waals surface area contributed by atoms with Crippen LogP contribution in [0.3, 0.4) is 0 Å². The standard InChI is InChI=1S/C18H29N3O2/c1-17(2,3)23-16(22)21-10-6-8-18(4,14-21)13-20-12-15-7-5-9-19-11-15/h5,7,9,11,20H,6,8,10,12-14H2,1-4H3. The summed E-state index contributed by atoms with van der Waals surface area (Å²) in [6.45, 7) is 11.2. The highest BCUT2D eigenvalue weighted by Crippen LogP contribution is 2.29. The van der Waals surface area contributed by atoms with Crippen LogP contribution in [-0.4, -0.2) is 41.2 Å². The van der Waals surface area contributed by atoms with Crippen molar-refractivity contribution in [2.75, 3.05) is 19.6 Å². The Morgan fingerprint density at radius 3 is 2.91 bits per heavy atom. The van der Waals surface area contributed by atoms with Crippen molar-refractivity contribution in [3.05, 3.63) is 30.1 Å². The van der Waals surface area contributed by atoms with Gasteiger partial charge in [0.25, 0.3) is 0 Å². The molecule has 23 heavy (non-hydrogen) atoms. The summed E-state index contributed by atoms with van der Waals surface area (Å²) in [7, 11) is 0. The van der Waals surface area contributed by atoms with Gasteiger partial charge in [-0.2, -0.15) is 0 Å². The number of carbonyl (C=O) groups excluding carboxylic acids is 1. The maximum atomic E-state index is 12.3. The fourth-order valence-electron chi connectivity index (χ4n) is 2.95. The molecule has 1 unspecified atom stereocenters. The number of ether oxygens (including phenoxy) is 1. The van der Waals surface area contributed by atoms with E-state index in [0.29, 0.717) is 0 Å². The molecule has 1 amide bonds. The fraction of sp³-hybridized carbons (Fsp3) is 0.667. The van der Waals surface area contributed by atoms with E-state index in [-0.39, 0.29) is 11.5 Å². The SMILES string of the molecule is CC1(CNCc2cccnc2)CCCN(C(=O)OC(C)(C)C)C1.